The van der Waals surface area contributed by atoms with Crippen molar-refractivity contribution in [2.24, 2.45) is 0 Å². The van der Waals surface area contributed by atoms with Crippen LogP contribution in [0.4, 0.5) is 5.69 Å². The number of benzene rings is 1. The molecule has 5 heteroatoms. The highest BCUT2D eigenvalue weighted by Crippen LogP contribution is 2.03. The second-order valence-corrected chi connectivity index (χ2v) is 3.95. The molecule has 0 saturated carbocycles. The lowest BCUT2D eigenvalue weighted by atomic mass is 10.2. The van der Waals surface area contributed by atoms with Crippen molar-refractivity contribution in [3.05, 3.63) is 30.3 Å². The number of aliphatic hydroxyl groups excluding tert-OH is 1. The molecule has 1 unspecified atom stereocenters. The maximum atomic E-state index is 11.6. The molecule has 0 radical (unpaired) electrons. The SMILES string of the molecule is COCCC(CO)NC(=O)CNc1ccccc1. The first kappa shape index (κ1) is 14.5. The van der Waals surface area contributed by atoms with Crippen LogP contribution in [0.25, 0.3) is 0 Å². The van der Waals surface area contributed by atoms with E-state index >= 15 is 0 Å². The fraction of sp³-hybridized carbons (Fsp3) is 0.462. The molecular weight excluding hydrogens is 232 g/mol. The Kier molecular flexibility index (Phi) is 6.83. The Morgan fingerprint density at radius 2 is 2.11 bits per heavy atom. The molecule has 0 bridgehead atoms. The van der Waals surface area contributed by atoms with Crippen molar-refractivity contribution in [3.63, 3.8) is 0 Å². The van der Waals surface area contributed by atoms with Crippen molar-refractivity contribution in [1.82, 2.24) is 5.32 Å². The van der Waals surface area contributed by atoms with Gasteiger partial charge < -0.3 is 20.5 Å². The van der Waals surface area contributed by atoms with Gasteiger partial charge in [-0.1, -0.05) is 18.2 Å². The highest BCUT2D eigenvalue weighted by atomic mass is 16.5. The lowest BCUT2D eigenvalue weighted by Gasteiger charge is -2.16. The van der Waals surface area contributed by atoms with E-state index in [4.69, 9.17) is 9.84 Å². The molecule has 5 nitrogen and oxygen atoms in total. The minimum Gasteiger partial charge on any atom is -0.394 e. The number of methoxy groups -OCH3 is 1. The molecule has 0 aromatic heterocycles. The van der Waals surface area contributed by atoms with Crippen LogP contribution in [0.1, 0.15) is 6.42 Å². The van der Waals surface area contributed by atoms with Crippen LogP contribution in [-0.4, -0.2) is 43.9 Å². The summed E-state index contributed by atoms with van der Waals surface area (Å²) in [6, 6.07) is 9.24. The van der Waals surface area contributed by atoms with Crippen molar-refractivity contribution in [2.75, 3.05) is 32.2 Å². The molecule has 0 fully saturated rings. The van der Waals surface area contributed by atoms with Crippen molar-refractivity contribution in [2.45, 2.75) is 12.5 Å². The molecule has 1 aromatic rings. The van der Waals surface area contributed by atoms with E-state index in [1.165, 1.54) is 0 Å². The molecule has 3 N–H and O–H groups in total. The summed E-state index contributed by atoms with van der Waals surface area (Å²) in [7, 11) is 1.59. The summed E-state index contributed by atoms with van der Waals surface area (Å²) in [6.07, 6.45) is 0.601. The van der Waals surface area contributed by atoms with Gasteiger partial charge in [0.15, 0.2) is 0 Å². The fourth-order valence-corrected chi connectivity index (χ4v) is 1.49. The summed E-state index contributed by atoms with van der Waals surface area (Å²) in [5, 5.41) is 14.8. The van der Waals surface area contributed by atoms with Gasteiger partial charge in [0.25, 0.3) is 0 Å². The standard InChI is InChI=1S/C13H20N2O3/c1-18-8-7-12(10-16)15-13(17)9-14-11-5-3-2-4-6-11/h2-6,12,14,16H,7-10H2,1H3,(H,15,17). The van der Waals surface area contributed by atoms with Gasteiger partial charge >= 0.3 is 0 Å². The van der Waals surface area contributed by atoms with E-state index in [1.807, 2.05) is 30.3 Å². The molecule has 100 valence electrons. The maximum Gasteiger partial charge on any atom is 0.239 e. The zero-order valence-corrected chi connectivity index (χ0v) is 10.6. The van der Waals surface area contributed by atoms with Crippen molar-refractivity contribution >= 4 is 11.6 Å². The predicted molar refractivity (Wildman–Crippen MR) is 70.4 cm³/mol. The Hall–Kier alpha value is -1.59. The van der Waals surface area contributed by atoms with Gasteiger partial charge in [-0.2, -0.15) is 0 Å². The van der Waals surface area contributed by atoms with Gasteiger partial charge in [0.1, 0.15) is 0 Å². The Bertz CT molecular complexity index is 343. The fourth-order valence-electron chi connectivity index (χ4n) is 1.49. The van der Waals surface area contributed by atoms with Crippen LogP contribution in [-0.2, 0) is 9.53 Å². The van der Waals surface area contributed by atoms with Crippen LogP contribution in [0.3, 0.4) is 0 Å². The number of hydrogen-bond donors (Lipinski definition) is 3. The zero-order valence-electron chi connectivity index (χ0n) is 10.6. The van der Waals surface area contributed by atoms with E-state index < -0.39 is 0 Å². The lowest BCUT2D eigenvalue weighted by molar-refractivity contribution is -0.120. The minimum absolute atomic E-state index is 0.0829. The van der Waals surface area contributed by atoms with Gasteiger partial charge in [-0.05, 0) is 18.6 Å². The summed E-state index contributed by atoms with van der Waals surface area (Å²) in [5.41, 5.74) is 0.894. The number of carbonyl (C=O) groups excluding carboxylic acids is 1. The van der Waals surface area contributed by atoms with Gasteiger partial charge in [-0.25, -0.2) is 0 Å². The van der Waals surface area contributed by atoms with E-state index in [9.17, 15) is 4.79 Å². The first-order valence-corrected chi connectivity index (χ1v) is 5.94. The lowest BCUT2D eigenvalue weighted by Crippen LogP contribution is -2.41. The summed E-state index contributed by atoms with van der Waals surface area (Å²) >= 11 is 0. The van der Waals surface area contributed by atoms with Gasteiger partial charge in [0, 0.05) is 19.4 Å². The van der Waals surface area contributed by atoms with Crippen molar-refractivity contribution in [1.29, 1.82) is 0 Å². The van der Waals surface area contributed by atoms with E-state index in [0.717, 1.165) is 5.69 Å². The Labute approximate surface area is 107 Å². The first-order valence-electron chi connectivity index (χ1n) is 5.94. The summed E-state index contributed by atoms with van der Waals surface area (Å²) in [4.78, 5) is 11.6. The first-order chi connectivity index (χ1) is 8.76. The Balaban J connectivity index is 2.28. The van der Waals surface area contributed by atoms with E-state index in [1.54, 1.807) is 7.11 Å². The van der Waals surface area contributed by atoms with Crippen LogP contribution in [0, 0.1) is 0 Å². The number of aliphatic hydroxyl groups is 1. The molecule has 0 heterocycles. The quantitative estimate of drug-likeness (QED) is 0.634. The number of ether oxygens (including phenoxy) is 1. The number of hydrogen-bond acceptors (Lipinski definition) is 4. The molecular formula is C13H20N2O3. The molecule has 0 aliphatic rings. The number of nitrogens with one attached hydrogen (secondary N) is 2. The molecule has 1 aromatic carbocycles. The summed E-state index contributed by atoms with van der Waals surface area (Å²) in [6.45, 7) is 0.617. The zero-order chi connectivity index (χ0) is 13.2. The highest BCUT2D eigenvalue weighted by molar-refractivity contribution is 5.80. The number of para-hydroxylation sites is 1. The maximum absolute atomic E-state index is 11.6. The molecule has 0 saturated heterocycles. The molecule has 1 amide bonds. The van der Waals surface area contributed by atoms with Crippen molar-refractivity contribution in [3.8, 4) is 0 Å². The second-order valence-electron chi connectivity index (χ2n) is 3.95. The smallest absolute Gasteiger partial charge is 0.239 e. The van der Waals surface area contributed by atoms with Crippen LogP contribution in [0.5, 0.6) is 0 Å². The number of rotatable bonds is 8. The second kappa shape index (κ2) is 8.49. The average molecular weight is 252 g/mol. The van der Waals surface area contributed by atoms with Crippen LogP contribution in [0.15, 0.2) is 30.3 Å². The van der Waals surface area contributed by atoms with E-state index in [-0.39, 0.29) is 25.1 Å². The minimum atomic E-state index is -0.255. The largest absolute Gasteiger partial charge is 0.394 e. The van der Waals surface area contributed by atoms with Crippen LogP contribution in [0.2, 0.25) is 0 Å². The van der Waals surface area contributed by atoms with Gasteiger partial charge in [-0.15, -0.1) is 0 Å². The molecule has 1 atom stereocenters. The van der Waals surface area contributed by atoms with Gasteiger partial charge in [-0.3, -0.25) is 4.79 Å². The van der Waals surface area contributed by atoms with Crippen molar-refractivity contribution < 1.29 is 14.6 Å². The molecule has 0 aliphatic heterocycles. The monoisotopic (exact) mass is 252 g/mol. The number of anilines is 1. The third kappa shape index (κ3) is 5.65. The third-order valence-electron chi connectivity index (χ3n) is 2.48. The highest BCUT2D eigenvalue weighted by Gasteiger charge is 2.10. The third-order valence-corrected chi connectivity index (χ3v) is 2.48. The summed E-state index contributed by atoms with van der Waals surface area (Å²) < 4.78 is 4.91. The Morgan fingerprint density at radius 3 is 2.72 bits per heavy atom. The normalized spacial score (nSPS) is 11.9. The topological polar surface area (TPSA) is 70.6 Å². The van der Waals surface area contributed by atoms with Crippen LogP contribution < -0.4 is 10.6 Å². The summed E-state index contributed by atoms with van der Waals surface area (Å²) in [5.74, 6) is -0.144. The predicted octanol–water partition coefficient (Wildman–Crippen LogP) is 0.612. The van der Waals surface area contributed by atoms with Gasteiger partial charge in [0.2, 0.25) is 5.91 Å². The molecule has 0 aliphatic carbocycles. The van der Waals surface area contributed by atoms with E-state index in [2.05, 4.69) is 10.6 Å². The number of amides is 1. The average Bonchev–Trinajstić information content (AvgIpc) is 2.42. The van der Waals surface area contributed by atoms with Crippen LogP contribution >= 0.6 is 0 Å². The van der Waals surface area contributed by atoms with E-state index in [0.29, 0.717) is 13.0 Å². The van der Waals surface area contributed by atoms with Gasteiger partial charge in [0.05, 0.1) is 19.2 Å². The number of carbonyl (C=O) groups is 1. The Morgan fingerprint density at radius 1 is 1.39 bits per heavy atom. The molecule has 18 heavy (non-hydrogen) atoms. The molecule has 0 spiro atoms. The molecule has 1 rings (SSSR count).